The number of carbonyl (C=O) groups is 2. The average molecular weight is 288 g/mol. The lowest BCUT2D eigenvalue weighted by Gasteiger charge is -2.10. The van der Waals surface area contributed by atoms with E-state index < -0.39 is 11.9 Å². The Kier molecular flexibility index (Phi) is 3.84. The van der Waals surface area contributed by atoms with E-state index in [1.807, 2.05) is 6.07 Å². The van der Waals surface area contributed by atoms with Crippen molar-refractivity contribution in [3.63, 3.8) is 0 Å². The van der Waals surface area contributed by atoms with Crippen molar-refractivity contribution in [3.05, 3.63) is 35.3 Å². The summed E-state index contributed by atoms with van der Waals surface area (Å²) in [4.78, 5) is 22.2. The Morgan fingerprint density at radius 1 is 1.14 bits per heavy atom. The van der Waals surface area contributed by atoms with Crippen LogP contribution in [0.1, 0.15) is 32.3 Å². The van der Waals surface area contributed by atoms with E-state index in [0.717, 1.165) is 11.1 Å². The number of allylic oxidation sites excluding steroid dienone is 1. The molecular weight excluding hydrogens is 272 g/mol. The zero-order chi connectivity index (χ0) is 15.7. The van der Waals surface area contributed by atoms with E-state index in [4.69, 9.17) is 14.3 Å². The van der Waals surface area contributed by atoms with Crippen molar-refractivity contribution in [2.75, 3.05) is 0 Å². The van der Waals surface area contributed by atoms with Crippen molar-refractivity contribution in [1.29, 1.82) is 0 Å². The maximum atomic E-state index is 11.1. The summed E-state index contributed by atoms with van der Waals surface area (Å²) in [5.41, 5.74) is 2.30. The van der Waals surface area contributed by atoms with Gasteiger partial charge in [-0.1, -0.05) is 0 Å². The molecule has 0 aromatic rings. The Morgan fingerprint density at radius 2 is 1.81 bits per heavy atom. The van der Waals surface area contributed by atoms with Crippen LogP contribution >= 0.6 is 0 Å². The third kappa shape index (κ3) is 2.97. The summed E-state index contributed by atoms with van der Waals surface area (Å²) >= 11 is 0. The van der Waals surface area contributed by atoms with Gasteiger partial charge >= 0.3 is 11.9 Å². The number of hydrogen-bond donors (Lipinski definition) is 1. The maximum absolute atomic E-state index is 11.1. The molecule has 0 unspecified atom stereocenters. The van der Waals surface area contributed by atoms with Crippen LogP contribution in [0.15, 0.2) is 28.2 Å². The average Bonchev–Trinajstić information content (AvgIpc) is 2.76. The zero-order valence-electron chi connectivity index (χ0n) is 12.3. The summed E-state index contributed by atoms with van der Waals surface area (Å²) in [5, 5.41) is 9.11. The Balaban J connectivity index is 2.64. The van der Waals surface area contributed by atoms with Crippen LogP contribution in [-0.4, -0.2) is 17.0 Å². The van der Waals surface area contributed by atoms with Crippen molar-refractivity contribution in [2.24, 2.45) is 0 Å². The third-order valence-corrected chi connectivity index (χ3v) is 3.25. The van der Waals surface area contributed by atoms with Gasteiger partial charge in [-0.15, -0.1) is 0 Å². The normalized spacial score (nSPS) is 12.2. The van der Waals surface area contributed by atoms with Gasteiger partial charge in [0.15, 0.2) is 0 Å². The predicted molar refractivity (Wildman–Crippen MR) is 77.3 cm³/mol. The van der Waals surface area contributed by atoms with Crippen LogP contribution < -0.4 is 4.74 Å². The Hall–Kier alpha value is -2.56. The first-order chi connectivity index (χ1) is 9.79. The van der Waals surface area contributed by atoms with E-state index in [9.17, 15) is 9.59 Å². The highest BCUT2D eigenvalue weighted by atomic mass is 16.5. The largest absolute Gasteiger partial charge is 0.478 e. The molecule has 1 aliphatic heterocycles. The van der Waals surface area contributed by atoms with Gasteiger partial charge in [0.05, 0.1) is 0 Å². The lowest BCUT2D eigenvalue weighted by molar-refractivity contribution is -0.133. The molecule has 21 heavy (non-hydrogen) atoms. The second-order valence-corrected chi connectivity index (χ2v) is 4.90. The molecular formula is C16H16O5. The first kappa shape index (κ1) is 14.8. The van der Waals surface area contributed by atoms with Gasteiger partial charge in [0.2, 0.25) is 0 Å². The van der Waals surface area contributed by atoms with Gasteiger partial charge < -0.3 is 14.3 Å². The summed E-state index contributed by atoms with van der Waals surface area (Å²) in [6, 6.07) is 5.22. The molecule has 110 valence electrons. The van der Waals surface area contributed by atoms with E-state index in [1.54, 1.807) is 26.0 Å². The Labute approximate surface area is 122 Å². The number of carboxylic acid groups (broad SMARTS) is 1. The lowest BCUT2D eigenvalue weighted by Crippen LogP contribution is -2.00. The fourth-order valence-electron chi connectivity index (χ4n) is 2.11. The minimum atomic E-state index is -0.996. The number of fused-ring (bicyclic) bond motifs is 1. The van der Waals surface area contributed by atoms with Crippen LogP contribution in [-0.2, 0) is 9.59 Å². The van der Waals surface area contributed by atoms with Crippen molar-refractivity contribution < 1.29 is 23.8 Å². The molecule has 5 nitrogen and oxygen atoms in total. The van der Waals surface area contributed by atoms with E-state index in [-0.39, 0.29) is 5.57 Å². The molecule has 0 aromatic carbocycles. The van der Waals surface area contributed by atoms with Gasteiger partial charge in [0.1, 0.15) is 17.3 Å². The fraction of sp³-hybridized carbons (Fsp3) is 0.250. The predicted octanol–water partition coefficient (Wildman–Crippen LogP) is 3.50. The smallest absolute Gasteiger partial charge is 0.331 e. The second-order valence-electron chi connectivity index (χ2n) is 4.90. The van der Waals surface area contributed by atoms with Crippen molar-refractivity contribution in [3.8, 4) is 16.9 Å². The number of esters is 1. The van der Waals surface area contributed by atoms with Crippen LogP contribution in [0.25, 0.3) is 16.7 Å². The highest BCUT2D eigenvalue weighted by Gasteiger charge is 2.20. The molecule has 0 saturated carbocycles. The van der Waals surface area contributed by atoms with Gasteiger partial charge in [-0.25, -0.2) is 4.79 Å². The summed E-state index contributed by atoms with van der Waals surface area (Å²) in [7, 11) is 0. The zero-order valence-corrected chi connectivity index (χ0v) is 12.3. The van der Waals surface area contributed by atoms with Gasteiger partial charge in [0.25, 0.3) is 0 Å². The van der Waals surface area contributed by atoms with Gasteiger partial charge in [0, 0.05) is 23.6 Å². The number of aryl methyl sites for hydroxylation is 1. The summed E-state index contributed by atoms with van der Waals surface area (Å²) in [6.07, 6.45) is 0. The highest BCUT2D eigenvalue weighted by Crippen LogP contribution is 2.38. The molecule has 0 spiro atoms. The number of ether oxygens (including phenoxy) is 1. The van der Waals surface area contributed by atoms with Crippen molar-refractivity contribution in [1.82, 2.24) is 0 Å². The Morgan fingerprint density at radius 3 is 2.38 bits per heavy atom. The van der Waals surface area contributed by atoms with Gasteiger partial charge in [-0.2, -0.15) is 0 Å². The summed E-state index contributed by atoms with van der Waals surface area (Å²) in [5.74, 6) is 0.136. The minimum absolute atomic E-state index is 0.209. The lowest BCUT2D eigenvalue weighted by atomic mass is 10.0. The summed E-state index contributed by atoms with van der Waals surface area (Å²) < 4.78 is 10.7. The number of rotatable bonds is 3. The number of hydrogen-bond acceptors (Lipinski definition) is 4. The molecule has 0 radical (unpaired) electrons. The molecule has 5 heteroatoms. The quantitative estimate of drug-likeness (QED) is 0.691. The molecule has 1 aliphatic carbocycles. The molecule has 0 atom stereocenters. The van der Waals surface area contributed by atoms with Crippen LogP contribution in [0.4, 0.5) is 0 Å². The molecule has 0 fully saturated rings. The van der Waals surface area contributed by atoms with E-state index >= 15 is 0 Å². The van der Waals surface area contributed by atoms with Gasteiger partial charge in [-0.3, -0.25) is 4.79 Å². The standard InChI is InChI=1S/C16H16O5/c1-8-5-12-6-13(21-11(4)17)7-14(12)15(20-8)9(2)10(3)16(18)19/h5-7H,1-4H3,(H,18,19). The minimum Gasteiger partial charge on any atom is -0.478 e. The highest BCUT2D eigenvalue weighted by molar-refractivity contribution is 5.97. The number of aliphatic carboxylic acids is 1. The molecule has 0 amide bonds. The number of carboxylic acids is 1. The molecule has 2 rings (SSSR count). The van der Waals surface area contributed by atoms with Crippen LogP contribution in [0.3, 0.4) is 0 Å². The number of carbonyl (C=O) groups excluding carboxylic acids is 1. The summed E-state index contributed by atoms with van der Waals surface area (Å²) in [6.45, 7) is 6.33. The van der Waals surface area contributed by atoms with Gasteiger partial charge in [-0.05, 0) is 44.5 Å². The van der Waals surface area contributed by atoms with Crippen molar-refractivity contribution in [2.45, 2.75) is 27.7 Å². The third-order valence-electron chi connectivity index (χ3n) is 3.25. The second kappa shape index (κ2) is 5.44. The first-order valence-corrected chi connectivity index (χ1v) is 6.43. The topological polar surface area (TPSA) is 76.7 Å². The molecule has 2 aliphatic rings. The maximum Gasteiger partial charge on any atom is 0.331 e. The fourth-order valence-corrected chi connectivity index (χ4v) is 2.11. The molecule has 1 heterocycles. The van der Waals surface area contributed by atoms with Crippen LogP contribution in [0.2, 0.25) is 0 Å². The van der Waals surface area contributed by atoms with Crippen LogP contribution in [0, 0.1) is 6.92 Å². The van der Waals surface area contributed by atoms with Crippen LogP contribution in [0.5, 0.6) is 5.75 Å². The van der Waals surface area contributed by atoms with E-state index in [2.05, 4.69) is 0 Å². The SMILES string of the molecule is CC(=O)Oc1cc2cc(C)oc(C(C)=C(C)C(=O)O)c-2c1. The monoisotopic (exact) mass is 288 g/mol. The molecule has 1 N–H and O–H groups in total. The van der Waals surface area contributed by atoms with Crippen molar-refractivity contribution >= 4 is 17.5 Å². The first-order valence-electron chi connectivity index (χ1n) is 6.43. The molecule has 0 aromatic heterocycles. The Bertz CT molecular complexity index is 721. The molecule has 0 bridgehead atoms. The van der Waals surface area contributed by atoms with E-state index in [0.29, 0.717) is 22.8 Å². The van der Waals surface area contributed by atoms with E-state index in [1.165, 1.54) is 13.8 Å². The molecule has 0 saturated heterocycles.